The molecule has 0 unspecified atom stereocenters. The summed E-state index contributed by atoms with van der Waals surface area (Å²) in [6.45, 7) is 4.57. The minimum Gasteiger partial charge on any atom is -0.397 e. The second-order valence-electron chi connectivity index (χ2n) is 5.66. The zero-order valence-corrected chi connectivity index (χ0v) is 14.4. The number of nitrogens with one attached hydrogen (secondary N) is 1. The predicted molar refractivity (Wildman–Crippen MR) is 92.2 cm³/mol. The average molecular weight is 361 g/mol. The molecule has 0 saturated carbocycles. The van der Waals surface area contributed by atoms with Crippen LogP contribution in [0.5, 0.6) is 0 Å². The van der Waals surface area contributed by atoms with E-state index in [4.69, 9.17) is 15.0 Å². The Balaban J connectivity index is 1.54. The van der Waals surface area contributed by atoms with Crippen LogP contribution in [0.15, 0.2) is 22.9 Å². The number of fused-ring (bicyclic) bond motifs is 1. The van der Waals surface area contributed by atoms with Gasteiger partial charge >= 0.3 is 5.88 Å². The summed E-state index contributed by atoms with van der Waals surface area (Å²) in [6.07, 6.45) is 1.62. The third-order valence-corrected chi connectivity index (χ3v) is 5.02. The number of thiophene rings is 1. The lowest BCUT2D eigenvalue weighted by Crippen LogP contribution is -2.62. The van der Waals surface area contributed by atoms with Gasteiger partial charge in [0.15, 0.2) is 0 Å². The average Bonchev–Trinajstić information content (AvgIpc) is 3.20. The number of carbonyl (C=O) groups is 1. The number of aryl methyl sites for hydroxylation is 1. The van der Waals surface area contributed by atoms with Gasteiger partial charge in [-0.05, 0) is 19.1 Å². The topological polar surface area (TPSA) is 110 Å². The molecule has 1 aliphatic rings. The summed E-state index contributed by atoms with van der Waals surface area (Å²) < 4.78 is 10.5. The number of nitrogen functional groups attached to an aromatic ring is 1. The number of anilines is 2. The Kier molecular flexibility index (Phi) is 3.98. The molecule has 1 saturated heterocycles. The van der Waals surface area contributed by atoms with E-state index < -0.39 is 0 Å². The van der Waals surface area contributed by atoms with Crippen LogP contribution in [-0.4, -0.2) is 42.5 Å². The van der Waals surface area contributed by atoms with Crippen LogP contribution in [-0.2, 0) is 4.74 Å². The Hall–Kier alpha value is -2.72. The smallest absolute Gasteiger partial charge is 0.306 e. The van der Waals surface area contributed by atoms with Crippen molar-refractivity contribution in [2.45, 2.75) is 6.92 Å². The molecule has 130 valence electrons. The van der Waals surface area contributed by atoms with Gasteiger partial charge < -0.3 is 10.5 Å². The van der Waals surface area contributed by atoms with Gasteiger partial charge in [-0.15, -0.1) is 16.3 Å². The molecule has 10 heteroatoms. The molecule has 1 amide bonds. The van der Waals surface area contributed by atoms with Gasteiger partial charge in [-0.1, -0.05) is 0 Å². The van der Waals surface area contributed by atoms with Crippen LogP contribution in [0.2, 0.25) is 0 Å². The van der Waals surface area contributed by atoms with Gasteiger partial charge in [0.05, 0.1) is 36.8 Å². The van der Waals surface area contributed by atoms with E-state index in [2.05, 4.69) is 15.6 Å². The number of pyridine rings is 1. The molecule has 25 heavy (non-hydrogen) atoms. The fraction of sp³-hybridized carbons (Fsp3) is 0.333. The monoisotopic (exact) mass is 361 g/mol. The lowest BCUT2D eigenvalue weighted by Gasteiger charge is -2.18. The number of aromatic nitrogens is 3. The fourth-order valence-corrected chi connectivity index (χ4v) is 3.65. The van der Waals surface area contributed by atoms with Gasteiger partial charge in [0.25, 0.3) is 12.1 Å². The van der Waals surface area contributed by atoms with Crippen LogP contribution >= 0.6 is 11.3 Å². The second-order valence-corrected chi connectivity index (χ2v) is 6.66. The highest BCUT2D eigenvalue weighted by Gasteiger charge is 2.25. The standard InChI is InChI=1S/C15H16N6O3S/c1-9-2-3-10-12(16)13(25-15(10)17-9)14(22)18-11-8-21(19-24-11)20-4-6-23-7-5-20/h2-3,8H,4-7H2,1H3,(H2-,16,18,19,22)/p+1. The highest BCUT2D eigenvalue weighted by atomic mass is 32.1. The van der Waals surface area contributed by atoms with Gasteiger partial charge in [-0.2, -0.15) is 0 Å². The number of hydrogen-bond acceptors (Lipinski definition) is 8. The minimum absolute atomic E-state index is 0.248. The number of nitrogens with zero attached hydrogens (tertiary/aromatic N) is 4. The lowest BCUT2D eigenvalue weighted by atomic mass is 10.2. The first-order valence-electron chi connectivity index (χ1n) is 7.80. The summed E-state index contributed by atoms with van der Waals surface area (Å²) >= 11 is 1.26. The van der Waals surface area contributed by atoms with Crippen molar-refractivity contribution >= 4 is 39.0 Å². The summed E-state index contributed by atoms with van der Waals surface area (Å²) in [5.41, 5.74) is 7.40. The molecule has 3 aromatic rings. The summed E-state index contributed by atoms with van der Waals surface area (Å²) in [5.74, 6) is -0.0964. The van der Waals surface area contributed by atoms with Crippen LogP contribution in [0, 0.1) is 6.92 Å². The molecule has 4 rings (SSSR count). The minimum atomic E-state index is -0.344. The van der Waals surface area contributed by atoms with Crippen molar-refractivity contribution in [2.75, 3.05) is 42.4 Å². The number of nitrogens with two attached hydrogens (primary N) is 1. The first-order valence-corrected chi connectivity index (χ1v) is 8.62. The maximum atomic E-state index is 12.5. The molecule has 9 nitrogen and oxygen atoms in total. The summed E-state index contributed by atoms with van der Waals surface area (Å²) in [5, 5.41) is 9.35. The molecular weight excluding hydrogens is 344 g/mol. The van der Waals surface area contributed by atoms with E-state index in [-0.39, 0.29) is 11.8 Å². The normalized spacial score (nSPS) is 14.8. The second kappa shape index (κ2) is 6.30. The largest absolute Gasteiger partial charge is 0.397 e. The molecule has 0 aliphatic carbocycles. The third kappa shape index (κ3) is 3.01. The SMILES string of the molecule is Cc1ccc2c(N)c(C(=O)Nc3c[n+](N4CCOCC4)no3)sc2n1. The Morgan fingerprint density at radius 3 is 3.00 bits per heavy atom. The van der Waals surface area contributed by atoms with E-state index in [0.29, 0.717) is 36.9 Å². The maximum absolute atomic E-state index is 12.5. The van der Waals surface area contributed by atoms with Gasteiger partial charge in [0, 0.05) is 11.1 Å². The maximum Gasteiger partial charge on any atom is 0.306 e. The van der Waals surface area contributed by atoms with Gasteiger partial charge in [0.1, 0.15) is 9.71 Å². The summed E-state index contributed by atoms with van der Waals surface area (Å²) in [7, 11) is 0. The summed E-state index contributed by atoms with van der Waals surface area (Å²) in [6, 6.07) is 3.75. The van der Waals surface area contributed by atoms with Gasteiger partial charge in [-0.25, -0.2) is 4.98 Å². The molecule has 3 N–H and O–H groups in total. The van der Waals surface area contributed by atoms with Crippen molar-refractivity contribution in [3.05, 3.63) is 28.9 Å². The number of rotatable bonds is 3. The van der Waals surface area contributed by atoms with Crippen LogP contribution in [0.1, 0.15) is 15.4 Å². The molecule has 4 heterocycles. The number of morpholine rings is 1. The zero-order chi connectivity index (χ0) is 17.4. The molecule has 0 bridgehead atoms. The van der Waals surface area contributed by atoms with E-state index >= 15 is 0 Å². The number of hydrogen-bond donors (Lipinski definition) is 2. The first kappa shape index (κ1) is 15.8. The van der Waals surface area contributed by atoms with E-state index in [1.807, 2.05) is 24.1 Å². The van der Waals surface area contributed by atoms with E-state index in [0.717, 1.165) is 15.9 Å². The fourth-order valence-electron chi connectivity index (χ4n) is 2.61. The van der Waals surface area contributed by atoms with Crippen molar-refractivity contribution in [1.82, 2.24) is 10.3 Å². The van der Waals surface area contributed by atoms with Crippen molar-refractivity contribution in [3.8, 4) is 0 Å². The van der Waals surface area contributed by atoms with Crippen LogP contribution in [0.4, 0.5) is 11.6 Å². The van der Waals surface area contributed by atoms with E-state index in [9.17, 15) is 4.79 Å². The van der Waals surface area contributed by atoms with E-state index in [1.54, 1.807) is 11.0 Å². The Morgan fingerprint density at radius 2 is 2.20 bits per heavy atom. The molecule has 1 aliphatic heterocycles. The molecular formula is C15H17N6O3S+. The predicted octanol–water partition coefficient (Wildman–Crippen LogP) is 0.683. The molecule has 0 radical (unpaired) electrons. The zero-order valence-electron chi connectivity index (χ0n) is 13.6. The lowest BCUT2D eigenvalue weighted by molar-refractivity contribution is -0.759. The van der Waals surface area contributed by atoms with Gasteiger partial charge in [0.2, 0.25) is 5.27 Å². The van der Waals surface area contributed by atoms with Crippen LogP contribution < -0.4 is 20.9 Å². The molecule has 0 atom stereocenters. The highest BCUT2D eigenvalue weighted by molar-refractivity contribution is 7.21. The summed E-state index contributed by atoms with van der Waals surface area (Å²) in [4.78, 5) is 19.7. The Labute approximate surface area is 146 Å². The molecule has 0 spiro atoms. The Bertz CT molecular complexity index is 931. The van der Waals surface area contributed by atoms with Crippen LogP contribution in [0.3, 0.4) is 0 Å². The Morgan fingerprint density at radius 1 is 1.40 bits per heavy atom. The molecule has 0 aromatic carbocycles. The van der Waals surface area contributed by atoms with Crippen molar-refractivity contribution in [3.63, 3.8) is 0 Å². The van der Waals surface area contributed by atoms with Crippen molar-refractivity contribution in [1.29, 1.82) is 0 Å². The third-order valence-electron chi connectivity index (χ3n) is 3.91. The number of carbonyl (C=O) groups excluding carboxylic acids is 1. The molecule has 3 aromatic heterocycles. The quantitative estimate of drug-likeness (QED) is 0.660. The van der Waals surface area contributed by atoms with E-state index in [1.165, 1.54) is 11.3 Å². The van der Waals surface area contributed by atoms with Crippen molar-refractivity contribution in [2.24, 2.45) is 0 Å². The van der Waals surface area contributed by atoms with Gasteiger partial charge in [-0.3, -0.25) is 14.6 Å². The van der Waals surface area contributed by atoms with Crippen molar-refractivity contribution < 1.29 is 18.8 Å². The van der Waals surface area contributed by atoms with Crippen LogP contribution in [0.25, 0.3) is 10.2 Å². The first-order chi connectivity index (χ1) is 12.1. The highest BCUT2D eigenvalue weighted by Crippen LogP contribution is 2.32. The molecule has 1 fully saturated rings. The number of amides is 1. The number of ether oxygens (including phenoxy) is 1.